The van der Waals surface area contributed by atoms with E-state index in [2.05, 4.69) is 218 Å². The van der Waals surface area contributed by atoms with Crippen LogP contribution in [0.1, 0.15) is 5.56 Å². The number of benzene rings is 10. The SMILES string of the molecule is N#Cc1c(-c2ccccc2)cc(-c2cc(-c3cccc(-c4ccccc4)c3)cc(-c3cccc(-c4cccc(-c5cccc(-c6ccccc6)c5)c4)c3)c2)cc1-c1ccccc1. The van der Waals surface area contributed by atoms with E-state index < -0.39 is 0 Å². The first-order valence-electron chi connectivity index (χ1n) is 21.0. The molecule has 0 aliphatic heterocycles. The molecule has 0 saturated carbocycles. The minimum absolute atomic E-state index is 0.666. The van der Waals surface area contributed by atoms with E-state index in [-0.39, 0.29) is 0 Å². The Balaban J connectivity index is 1.12. The van der Waals surface area contributed by atoms with E-state index in [1.165, 1.54) is 33.4 Å². The summed E-state index contributed by atoms with van der Waals surface area (Å²) in [6.07, 6.45) is 0. The maximum absolute atomic E-state index is 10.7. The third-order valence-electron chi connectivity index (χ3n) is 11.7. The molecule has 1 nitrogen and oxygen atoms in total. The van der Waals surface area contributed by atoms with Crippen LogP contribution in [0.4, 0.5) is 0 Å². The first-order valence-corrected chi connectivity index (χ1v) is 21.0. The highest BCUT2D eigenvalue weighted by Gasteiger charge is 2.17. The predicted octanol–water partition coefficient (Wildman–Crippen LogP) is 16.6. The fourth-order valence-corrected chi connectivity index (χ4v) is 8.52. The van der Waals surface area contributed by atoms with Gasteiger partial charge in [-0.1, -0.05) is 194 Å². The number of hydrogen-bond donors (Lipinski definition) is 0. The van der Waals surface area contributed by atoms with Gasteiger partial charge in [0.05, 0.1) is 5.56 Å². The molecule has 0 aliphatic rings. The van der Waals surface area contributed by atoms with E-state index in [1.54, 1.807) is 0 Å². The minimum Gasteiger partial charge on any atom is -0.192 e. The van der Waals surface area contributed by atoms with Crippen LogP contribution in [0.25, 0.3) is 100 Å². The normalized spacial score (nSPS) is 10.9. The van der Waals surface area contributed by atoms with E-state index in [4.69, 9.17) is 0 Å². The van der Waals surface area contributed by atoms with Gasteiger partial charge in [-0.05, 0) is 144 Å². The molecule has 0 atom stereocenters. The molecule has 0 radical (unpaired) electrons. The van der Waals surface area contributed by atoms with Crippen LogP contribution in [-0.4, -0.2) is 0 Å². The van der Waals surface area contributed by atoms with Crippen molar-refractivity contribution in [1.29, 1.82) is 5.26 Å². The molecule has 0 unspecified atom stereocenters. The molecular weight excluding hydrogens is 747 g/mol. The first kappa shape index (κ1) is 37.9. The van der Waals surface area contributed by atoms with Crippen molar-refractivity contribution in [2.75, 3.05) is 0 Å². The molecule has 0 N–H and O–H groups in total. The van der Waals surface area contributed by atoms with Crippen molar-refractivity contribution in [3.63, 3.8) is 0 Å². The standard InChI is InChI=1S/C61H41N/c62-42-61-59(45-21-9-3-10-22-45)40-58(41-60(61)46-23-11-4-12-24-46)57-38-55(53-31-14-26-48(34-53)44-19-7-2-8-20-44)37-56(39-57)54-32-16-30-52(36-54)51-29-15-28-50(35-51)49-27-13-25-47(33-49)43-17-5-1-6-18-43/h1-41H. The van der Waals surface area contributed by atoms with Crippen LogP contribution in [0.15, 0.2) is 249 Å². The van der Waals surface area contributed by atoms with E-state index in [9.17, 15) is 5.26 Å². The Labute approximate surface area is 364 Å². The van der Waals surface area contributed by atoms with Gasteiger partial charge in [-0.2, -0.15) is 5.26 Å². The van der Waals surface area contributed by atoms with E-state index >= 15 is 0 Å². The molecular formula is C61H41N. The maximum atomic E-state index is 10.7. The molecule has 0 amide bonds. The van der Waals surface area contributed by atoms with Crippen molar-refractivity contribution in [2.45, 2.75) is 0 Å². The molecule has 62 heavy (non-hydrogen) atoms. The second kappa shape index (κ2) is 17.1. The van der Waals surface area contributed by atoms with Gasteiger partial charge in [-0.3, -0.25) is 0 Å². The van der Waals surface area contributed by atoms with Gasteiger partial charge < -0.3 is 0 Å². The van der Waals surface area contributed by atoms with Crippen molar-refractivity contribution in [1.82, 2.24) is 0 Å². The molecule has 10 rings (SSSR count). The van der Waals surface area contributed by atoms with Crippen molar-refractivity contribution >= 4 is 0 Å². The Kier molecular flexibility index (Phi) is 10.5. The van der Waals surface area contributed by atoms with Gasteiger partial charge >= 0.3 is 0 Å². The highest BCUT2D eigenvalue weighted by molar-refractivity contribution is 5.91. The number of nitrogens with zero attached hydrogens (tertiary/aromatic N) is 1. The topological polar surface area (TPSA) is 23.8 Å². The number of rotatable bonds is 9. The second-order valence-electron chi connectivity index (χ2n) is 15.6. The fourth-order valence-electron chi connectivity index (χ4n) is 8.52. The summed E-state index contributed by atoms with van der Waals surface area (Å²) in [4.78, 5) is 0. The third kappa shape index (κ3) is 7.90. The van der Waals surface area contributed by atoms with Gasteiger partial charge in [0.2, 0.25) is 0 Å². The average molecular weight is 788 g/mol. The summed E-state index contributed by atoms with van der Waals surface area (Å²) in [6.45, 7) is 0. The zero-order valence-corrected chi connectivity index (χ0v) is 34.1. The van der Waals surface area contributed by atoms with E-state index in [0.29, 0.717) is 5.56 Å². The van der Waals surface area contributed by atoms with Gasteiger partial charge in [-0.25, -0.2) is 0 Å². The summed E-state index contributed by atoms with van der Waals surface area (Å²) < 4.78 is 0. The van der Waals surface area contributed by atoms with Gasteiger partial charge in [0.15, 0.2) is 0 Å². The minimum atomic E-state index is 0.666. The summed E-state index contributed by atoms with van der Waals surface area (Å²) in [7, 11) is 0. The molecule has 0 heterocycles. The monoisotopic (exact) mass is 787 g/mol. The maximum Gasteiger partial charge on any atom is 0.100 e. The van der Waals surface area contributed by atoms with Crippen LogP contribution in [0, 0.1) is 11.3 Å². The van der Waals surface area contributed by atoms with Crippen LogP contribution in [0.2, 0.25) is 0 Å². The molecule has 0 saturated heterocycles. The van der Waals surface area contributed by atoms with Gasteiger partial charge in [0.1, 0.15) is 6.07 Å². The summed E-state index contributed by atoms with van der Waals surface area (Å²) in [5.74, 6) is 0. The lowest BCUT2D eigenvalue weighted by Crippen LogP contribution is -1.94. The third-order valence-corrected chi connectivity index (χ3v) is 11.7. The fraction of sp³-hybridized carbons (Fsp3) is 0. The first-order chi connectivity index (χ1) is 30.7. The van der Waals surface area contributed by atoms with Crippen molar-refractivity contribution in [2.24, 2.45) is 0 Å². The molecule has 0 spiro atoms. The highest BCUT2D eigenvalue weighted by Crippen LogP contribution is 2.41. The largest absolute Gasteiger partial charge is 0.192 e. The lowest BCUT2D eigenvalue weighted by molar-refractivity contribution is 1.46. The number of nitriles is 1. The van der Waals surface area contributed by atoms with Crippen molar-refractivity contribution in [3.05, 3.63) is 254 Å². The van der Waals surface area contributed by atoms with Crippen LogP contribution < -0.4 is 0 Å². The van der Waals surface area contributed by atoms with Crippen LogP contribution >= 0.6 is 0 Å². The average Bonchev–Trinajstić information content (AvgIpc) is 3.37. The van der Waals surface area contributed by atoms with Gasteiger partial charge in [0.25, 0.3) is 0 Å². The molecule has 0 bridgehead atoms. The quantitative estimate of drug-likeness (QED) is 0.143. The Bertz CT molecular complexity index is 3150. The molecule has 1 heteroatoms. The summed E-state index contributed by atoms with van der Waals surface area (Å²) in [5, 5.41) is 10.7. The molecule has 0 fully saturated rings. The predicted molar refractivity (Wildman–Crippen MR) is 260 cm³/mol. The highest BCUT2D eigenvalue weighted by atomic mass is 14.3. The number of hydrogen-bond acceptors (Lipinski definition) is 1. The van der Waals surface area contributed by atoms with Gasteiger partial charge in [0, 0.05) is 11.1 Å². The summed E-state index contributed by atoms with van der Waals surface area (Å²) in [5.41, 5.74) is 20.6. The molecule has 0 aromatic heterocycles. The van der Waals surface area contributed by atoms with Crippen LogP contribution in [-0.2, 0) is 0 Å². The smallest absolute Gasteiger partial charge is 0.100 e. The Morgan fingerprint density at radius 2 is 0.403 bits per heavy atom. The Morgan fingerprint density at radius 1 is 0.194 bits per heavy atom. The summed E-state index contributed by atoms with van der Waals surface area (Å²) in [6, 6.07) is 90.9. The zero-order chi connectivity index (χ0) is 41.7. The van der Waals surface area contributed by atoms with E-state index in [0.717, 1.165) is 66.8 Å². The molecule has 10 aromatic carbocycles. The summed E-state index contributed by atoms with van der Waals surface area (Å²) >= 11 is 0. The molecule has 0 aliphatic carbocycles. The lowest BCUT2D eigenvalue weighted by atomic mass is 9.86. The van der Waals surface area contributed by atoms with E-state index in [1.807, 2.05) is 36.4 Å². The Morgan fingerprint density at radius 3 is 0.710 bits per heavy atom. The second-order valence-corrected chi connectivity index (χ2v) is 15.6. The van der Waals surface area contributed by atoms with Gasteiger partial charge in [-0.15, -0.1) is 0 Å². The van der Waals surface area contributed by atoms with Crippen molar-refractivity contribution < 1.29 is 0 Å². The molecule has 10 aromatic rings. The van der Waals surface area contributed by atoms with Crippen LogP contribution in [0.3, 0.4) is 0 Å². The van der Waals surface area contributed by atoms with Crippen LogP contribution in [0.5, 0.6) is 0 Å². The van der Waals surface area contributed by atoms with Crippen molar-refractivity contribution in [3.8, 4) is 106 Å². The Hall–Kier alpha value is -8.31. The zero-order valence-electron chi connectivity index (χ0n) is 34.1. The lowest BCUT2D eigenvalue weighted by Gasteiger charge is -2.17. The molecule has 290 valence electrons.